The molecule has 0 N–H and O–H groups in total. The van der Waals surface area contributed by atoms with Crippen LogP contribution >= 0.6 is 0 Å². The molecule has 3 atom stereocenters. The first-order valence-electron chi connectivity index (χ1n) is 12.4. The predicted octanol–water partition coefficient (Wildman–Crippen LogP) is 6.68. The number of fused-ring (bicyclic) bond motifs is 1. The summed E-state index contributed by atoms with van der Waals surface area (Å²) in [5.74, 6) is 1.88. The van der Waals surface area contributed by atoms with E-state index in [1.807, 2.05) is 29.2 Å². The second kappa shape index (κ2) is 9.46. The molecule has 1 fully saturated rings. The molecule has 0 aliphatic carbocycles. The fraction of sp³-hybridized carbons (Fsp3) is 0.333. The molecule has 3 unspecified atom stereocenters. The first kappa shape index (κ1) is 22.4. The van der Waals surface area contributed by atoms with Crippen LogP contribution in [-0.4, -0.2) is 26.9 Å². The number of hydrogen-bond donors (Lipinski definition) is 0. The second-order valence-corrected chi connectivity index (χ2v) is 9.63. The van der Waals surface area contributed by atoms with Crippen molar-refractivity contribution in [2.24, 2.45) is 0 Å². The highest BCUT2D eigenvalue weighted by Crippen LogP contribution is 2.35. The summed E-state index contributed by atoms with van der Waals surface area (Å²) >= 11 is 0. The fourth-order valence-electron chi connectivity index (χ4n) is 5.13. The van der Waals surface area contributed by atoms with E-state index in [2.05, 4.69) is 79.9 Å². The molecule has 1 amide bonds. The SMILES string of the molecule is CCC(C)c1ccc(Cn2c(C3CC(=O)N(C(C)c4ccccc4)C3)nc3ccccc32)cc1. The maximum Gasteiger partial charge on any atom is 0.223 e. The van der Waals surface area contributed by atoms with Crippen LogP contribution in [0, 0.1) is 0 Å². The molecule has 1 aliphatic heterocycles. The van der Waals surface area contributed by atoms with Crippen molar-refractivity contribution < 1.29 is 4.79 Å². The van der Waals surface area contributed by atoms with Crippen molar-refractivity contribution in [2.45, 2.75) is 58.0 Å². The number of carbonyl (C=O) groups excluding carboxylic acids is 1. The zero-order chi connectivity index (χ0) is 23.7. The number of amides is 1. The third-order valence-electron chi connectivity index (χ3n) is 7.46. The summed E-state index contributed by atoms with van der Waals surface area (Å²) in [6, 6.07) is 27.7. The summed E-state index contributed by atoms with van der Waals surface area (Å²) in [4.78, 5) is 20.1. The van der Waals surface area contributed by atoms with Crippen molar-refractivity contribution in [3.05, 3.63) is 101 Å². The minimum atomic E-state index is 0.0598. The highest BCUT2D eigenvalue weighted by Gasteiger charge is 2.36. The lowest BCUT2D eigenvalue weighted by molar-refractivity contribution is -0.129. The molecule has 2 heterocycles. The van der Waals surface area contributed by atoms with E-state index < -0.39 is 0 Å². The molecule has 34 heavy (non-hydrogen) atoms. The van der Waals surface area contributed by atoms with Crippen LogP contribution in [0.25, 0.3) is 11.0 Å². The quantitative estimate of drug-likeness (QED) is 0.314. The van der Waals surface area contributed by atoms with Gasteiger partial charge in [-0.05, 0) is 48.1 Å². The molecule has 4 nitrogen and oxygen atoms in total. The Kier molecular flexibility index (Phi) is 6.23. The third kappa shape index (κ3) is 4.25. The average molecular weight is 452 g/mol. The molecule has 0 spiro atoms. The Morgan fingerprint density at radius 2 is 1.62 bits per heavy atom. The molecule has 0 saturated carbocycles. The molecule has 0 radical (unpaired) electrons. The van der Waals surface area contributed by atoms with Gasteiger partial charge in [0, 0.05) is 25.4 Å². The minimum Gasteiger partial charge on any atom is -0.335 e. The van der Waals surface area contributed by atoms with Crippen molar-refractivity contribution in [3.8, 4) is 0 Å². The number of carbonyl (C=O) groups is 1. The maximum absolute atomic E-state index is 13.1. The van der Waals surface area contributed by atoms with Gasteiger partial charge < -0.3 is 9.47 Å². The summed E-state index contributed by atoms with van der Waals surface area (Å²) in [5.41, 5.74) is 5.94. The summed E-state index contributed by atoms with van der Waals surface area (Å²) in [5, 5.41) is 0. The van der Waals surface area contributed by atoms with Crippen molar-refractivity contribution >= 4 is 16.9 Å². The number of benzene rings is 3. The van der Waals surface area contributed by atoms with Crippen molar-refractivity contribution in [1.82, 2.24) is 14.5 Å². The van der Waals surface area contributed by atoms with Crippen LogP contribution in [0.1, 0.15) is 74.0 Å². The van der Waals surface area contributed by atoms with E-state index in [9.17, 15) is 4.79 Å². The molecule has 3 aromatic carbocycles. The Balaban J connectivity index is 1.45. The Morgan fingerprint density at radius 3 is 2.35 bits per heavy atom. The molecule has 1 saturated heterocycles. The molecule has 4 heteroatoms. The second-order valence-electron chi connectivity index (χ2n) is 9.63. The molecule has 4 aromatic rings. The summed E-state index contributed by atoms with van der Waals surface area (Å²) in [6.45, 7) is 8.08. The normalized spacial score (nSPS) is 17.9. The monoisotopic (exact) mass is 451 g/mol. The van der Waals surface area contributed by atoms with E-state index in [-0.39, 0.29) is 17.9 Å². The summed E-state index contributed by atoms with van der Waals surface area (Å²) in [7, 11) is 0. The Labute approximate surface area is 202 Å². The van der Waals surface area contributed by atoms with Gasteiger partial charge in [-0.1, -0.05) is 80.6 Å². The lowest BCUT2D eigenvalue weighted by Gasteiger charge is -2.25. The van der Waals surface area contributed by atoms with Crippen molar-refractivity contribution in [1.29, 1.82) is 0 Å². The van der Waals surface area contributed by atoms with Crippen molar-refractivity contribution in [3.63, 3.8) is 0 Å². The molecule has 5 rings (SSSR count). The van der Waals surface area contributed by atoms with E-state index >= 15 is 0 Å². The zero-order valence-corrected chi connectivity index (χ0v) is 20.3. The molecule has 1 aromatic heterocycles. The van der Waals surface area contributed by atoms with E-state index in [0.29, 0.717) is 18.9 Å². The van der Waals surface area contributed by atoms with Gasteiger partial charge in [-0.2, -0.15) is 0 Å². The van der Waals surface area contributed by atoms with Crippen molar-refractivity contribution in [2.75, 3.05) is 6.54 Å². The number of nitrogens with zero attached hydrogens (tertiary/aromatic N) is 3. The average Bonchev–Trinajstić information content (AvgIpc) is 3.44. The Hall–Kier alpha value is -3.40. The Bertz CT molecular complexity index is 1280. The highest BCUT2D eigenvalue weighted by atomic mass is 16.2. The smallest absolute Gasteiger partial charge is 0.223 e. The maximum atomic E-state index is 13.1. The summed E-state index contributed by atoms with van der Waals surface area (Å²) < 4.78 is 2.32. The molecular weight excluding hydrogens is 418 g/mol. The van der Waals surface area contributed by atoms with Gasteiger partial charge in [0.2, 0.25) is 5.91 Å². The van der Waals surface area contributed by atoms with Gasteiger partial charge in [0.1, 0.15) is 5.82 Å². The number of rotatable bonds is 7. The van der Waals surface area contributed by atoms with Crippen LogP contribution in [0.5, 0.6) is 0 Å². The van der Waals surface area contributed by atoms with Crippen LogP contribution in [0.15, 0.2) is 78.9 Å². The van der Waals surface area contributed by atoms with E-state index in [0.717, 1.165) is 29.8 Å². The van der Waals surface area contributed by atoms with Gasteiger partial charge in [-0.3, -0.25) is 4.79 Å². The van der Waals surface area contributed by atoms with Crippen LogP contribution < -0.4 is 0 Å². The van der Waals surface area contributed by atoms with Crippen LogP contribution in [0.4, 0.5) is 0 Å². The number of para-hydroxylation sites is 2. The van der Waals surface area contributed by atoms with Gasteiger partial charge in [-0.15, -0.1) is 0 Å². The van der Waals surface area contributed by atoms with E-state index in [4.69, 9.17) is 4.98 Å². The standard InChI is InChI=1S/C30H33N3O/c1-4-21(2)24-16-14-23(15-17-24)19-33-28-13-9-8-12-27(28)31-30(33)26-18-29(34)32(20-26)22(3)25-10-6-5-7-11-25/h5-17,21-22,26H,4,18-20H2,1-3H3. The topological polar surface area (TPSA) is 38.1 Å². The molecule has 174 valence electrons. The van der Waals surface area contributed by atoms with E-state index in [1.54, 1.807) is 0 Å². The minimum absolute atomic E-state index is 0.0598. The van der Waals surface area contributed by atoms with Gasteiger partial charge in [0.25, 0.3) is 0 Å². The number of hydrogen-bond acceptors (Lipinski definition) is 2. The summed E-state index contributed by atoms with van der Waals surface area (Å²) in [6.07, 6.45) is 1.65. The lowest BCUT2D eigenvalue weighted by atomic mass is 9.97. The highest BCUT2D eigenvalue weighted by molar-refractivity contribution is 5.81. The lowest BCUT2D eigenvalue weighted by Crippen LogP contribution is -2.28. The predicted molar refractivity (Wildman–Crippen MR) is 138 cm³/mol. The van der Waals surface area contributed by atoms with Gasteiger partial charge in [0.15, 0.2) is 0 Å². The van der Waals surface area contributed by atoms with Gasteiger partial charge in [-0.25, -0.2) is 4.98 Å². The Morgan fingerprint density at radius 1 is 0.912 bits per heavy atom. The number of aromatic nitrogens is 2. The number of imidazole rings is 1. The van der Waals surface area contributed by atoms with E-state index in [1.165, 1.54) is 16.7 Å². The van der Waals surface area contributed by atoms with Crippen LogP contribution in [0.2, 0.25) is 0 Å². The molecule has 1 aliphatic rings. The molecular formula is C30H33N3O. The number of likely N-dealkylation sites (tertiary alicyclic amines) is 1. The van der Waals surface area contributed by atoms with Crippen LogP contribution in [0.3, 0.4) is 0 Å². The fourth-order valence-corrected chi connectivity index (χ4v) is 5.13. The van der Waals surface area contributed by atoms with Gasteiger partial charge >= 0.3 is 0 Å². The first-order valence-corrected chi connectivity index (χ1v) is 12.4. The van der Waals surface area contributed by atoms with Gasteiger partial charge in [0.05, 0.1) is 17.1 Å². The first-order chi connectivity index (χ1) is 16.5. The van der Waals surface area contributed by atoms with Crippen LogP contribution in [-0.2, 0) is 11.3 Å². The zero-order valence-electron chi connectivity index (χ0n) is 20.3. The third-order valence-corrected chi connectivity index (χ3v) is 7.46. The largest absolute Gasteiger partial charge is 0.335 e. The molecule has 0 bridgehead atoms.